The number of allylic oxidation sites excluding steroid dienone is 3. The van der Waals surface area contributed by atoms with Crippen LogP contribution in [0.15, 0.2) is 23.3 Å². The Balaban J connectivity index is 1.50. The van der Waals surface area contributed by atoms with Crippen molar-refractivity contribution in [1.82, 2.24) is 0 Å². The monoisotopic (exact) mass is 560 g/mol. The van der Waals surface area contributed by atoms with Gasteiger partial charge in [-0.3, -0.25) is 9.59 Å². The number of hydrogen-bond donors (Lipinski definition) is 1. The molecule has 0 aromatic rings. The number of fused-ring (bicyclic) bond motifs is 5. The lowest BCUT2D eigenvalue weighted by molar-refractivity contribution is -0.165. The first-order valence-corrected chi connectivity index (χ1v) is 16.5. The summed E-state index contributed by atoms with van der Waals surface area (Å²) in [6.07, 6.45) is 13.9. The summed E-state index contributed by atoms with van der Waals surface area (Å²) in [5.41, 5.74) is 2.37. The highest BCUT2D eigenvalue weighted by Gasteiger charge is 2.60. The summed E-state index contributed by atoms with van der Waals surface area (Å²) >= 11 is 2.11. The summed E-state index contributed by atoms with van der Waals surface area (Å²) in [6, 6.07) is 0. The van der Waals surface area contributed by atoms with Gasteiger partial charge in [-0.2, -0.15) is 11.8 Å². The Kier molecular flexibility index (Phi) is 9.38. The van der Waals surface area contributed by atoms with E-state index in [1.165, 1.54) is 38.7 Å². The molecule has 0 aliphatic heterocycles. The van der Waals surface area contributed by atoms with E-state index >= 15 is 0 Å². The summed E-state index contributed by atoms with van der Waals surface area (Å²) < 4.78 is 11.6. The minimum Gasteiger partial charge on any atom is -0.462 e. The molecular formula is C33H52O5S. The van der Waals surface area contributed by atoms with Gasteiger partial charge in [0.05, 0.1) is 5.60 Å². The predicted octanol–water partition coefficient (Wildman–Crippen LogP) is 7.41. The molecule has 0 amide bonds. The number of aliphatic hydroxyl groups is 1. The molecule has 1 N–H and O–H groups in total. The molecule has 4 aliphatic rings. The van der Waals surface area contributed by atoms with Crippen LogP contribution in [0.4, 0.5) is 0 Å². The zero-order valence-electron chi connectivity index (χ0n) is 25.4. The average Bonchev–Trinajstić information content (AvgIpc) is 3.24. The minimum atomic E-state index is -0.496. The van der Waals surface area contributed by atoms with Gasteiger partial charge in [-0.05, 0) is 80.3 Å². The quantitative estimate of drug-likeness (QED) is 0.222. The van der Waals surface area contributed by atoms with Crippen molar-refractivity contribution in [2.45, 2.75) is 136 Å². The van der Waals surface area contributed by atoms with Crippen LogP contribution in [0, 0.1) is 28.6 Å². The van der Waals surface area contributed by atoms with Crippen LogP contribution in [0.2, 0.25) is 0 Å². The van der Waals surface area contributed by atoms with Crippen LogP contribution in [0.1, 0.15) is 113 Å². The van der Waals surface area contributed by atoms with Crippen molar-refractivity contribution in [3.8, 4) is 0 Å². The van der Waals surface area contributed by atoms with Crippen molar-refractivity contribution in [2.24, 2.45) is 28.6 Å². The predicted molar refractivity (Wildman–Crippen MR) is 158 cm³/mol. The van der Waals surface area contributed by atoms with Crippen LogP contribution in [-0.4, -0.2) is 45.9 Å². The van der Waals surface area contributed by atoms with Gasteiger partial charge in [0.2, 0.25) is 0 Å². The molecule has 0 spiro atoms. The number of thioether (sulfide) groups is 1. The van der Waals surface area contributed by atoms with E-state index in [4.69, 9.17) is 9.47 Å². The second-order valence-corrected chi connectivity index (χ2v) is 14.8. The maximum Gasteiger partial charge on any atom is 0.302 e. The maximum atomic E-state index is 12.2. The highest BCUT2D eigenvalue weighted by molar-refractivity contribution is 7.99. The van der Waals surface area contributed by atoms with E-state index in [1.807, 2.05) is 0 Å². The Morgan fingerprint density at radius 1 is 1.08 bits per heavy atom. The lowest BCUT2D eigenvalue weighted by Gasteiger charge is -2.57. The van der Waals surface area contributed by atoms with Gasteiger partial charge in [0.25, 0.3) is 0 Å². The van der Waals surface area contributed by atoms with E-state index in [9.17, 15) is 14.7 Å². The van der Waals surface area contributed by atoms with Crippen LogP contribution in [0.25, 0.3) is 0 Å². The third kappa shape index (κ3) is 5.89. The summed E-state index contributed by atoms with van der Waals surface area (Å²) in [6.45, 7) is 14.4. The van der Waals surface area contributed by atoms with Crippen molar-refractivity contribution < 1.29 is 24.2 Å². The van der Waals surface area contributed by atoms with Gasteiger partial charge >= 0.3 is 11.9 Å². The van der Waals surface area contributed by atoms with Crippen molar-refractivity contribution in [3.05, 3.63) is 23.3 Å². The molecule has 0 aromatic heterocycles. The molecule has 3 unspecified atom stereocenters. The molecule has 8 atom stereocenters. The van der Waals surface area contributed by atoms with Crippen molar-refractivity contribution in [1.29, 1.82) is 0 Å². The van der Waals surface area contributed by atoms with E-state index < -0.39 is 5.60 Å². The van der Waals surface area contributed by atoms with E-state index in [0.717, 1.165) is 44.3 Å². The summed E-state index contributed by atoms with van der Waals surface area (Å²) in [4.78, 5) is 23.9. The molecule has 6 heteroatoms. The molecular weight excluding hydrogens is 508 g/mol. The van der Waals surface area contributed by atoms with Gasteiger partial charge in [-0.15, -0.1) is 0 Å². The zero-order chi connectivity index (χ0) is 28.6. The van der Waals surface area contributed by atoms with Crippen LogP contribution in [-0.2, 0) is 19.1 Å². The lowest BCUT2D eigenvalue weighted by atomic mass is 9.49. The fraction of sp³-hybridized carbons (Fsp3) is 0.818. The molecule has 3 fully saturated rings. The van der Waals surface area contributed by atoms with Gasteiger partial charge in [0.15, 0.2) is 0 Å². The molecule has 5 nitrogen and oxygen atoms in total. The number of esters is 2. The highest BCUT2D eigenvalue weighted by atomic mass is 32.2. The van der Waals surface area contributed by atoms with Crippen molar-refractivity contribution >= 4 is 23.7 Å². The van der Waals surface area contributed by atoms with E-state index in [1.54, 1.807) is 5.57 Å². The number of rotatable bonds is 10. The Labute approximate surface area is 240 Å². The van der Waals surface area contributed by atoms with E-state index in [-0.39, 0.29) is 35.0 Å². The van der Waals surface area contributed by atoms with Crippen LogP contribution >= 0.6 is 11.8 Å². The van der Waals surface area contributed by atoms with Crippen LogP contribution in [0.3, 0.4) is 0 Å². The molecule has 0 radical (unpaired) electrons. The Morgan fingerprint density at radius 2 is 1.77 bits per heavy atom. The van der Waals surface area contributed by atoms with E-state index in [2.05, 4.69) is 58.5 Å². The van der Waals surface area contributed by atoms with Gasteiger partial charge in [-0.1, -0.05) is 57.9 Å². The number of carbonyl (C=O) groups excluding carboxylic acids is 2. The Bertz CT molecular complexity index is 983. The van der Waals surface area contributed by atoms with Gasteiger partial charge in [0, 0.05) is 37.4 Å². The molecule has 39 heavy (non-hydrogen) atoms. The van der Waals surface area contributed by atoms with Gasteiger partial charge < -0.3 is 14.6 Å². The smallest absolute Gasteiger partial charge is 0.302 e. The normalized spacial score (nSPS) is 36.6. The largest absolute Gasteiger partial charge is 0.462 e. The molecule has 0 aromatic carbocycles. The van der Waals surface area contributed by atoms with Crippen molar-refractivity contribution in [3.63, 3.8) is 0 Å². The SMILES string of the molecule is CCC(O)(CC)CCCSC(C)[C@H]1CC[C@H]2C3=CC=C4CC(OC(C)=O)CC(OC(C)=O)[C@]4(C)[C@H]3CC[C@]12C. The summed E-state index contributed by atoms with van der Waals surface area (Å²) in [5, 5.41) is 11.3. The number of hydrogen-bond acceptors (Lipinski definition) is 6. The first kappa shape index (κ1) is 30.7. The lowest BCUT2D eigenvalue weighted by Crippen LogP contribution is -2.54. The van der Waals surface area contributed by atoms with Crippen LogP contribution < -0.4 is 0 Å². The van der Waals surface area contributed by atoms with E-state index in [0.29, 0.717) is 29.4 Å². The molecule has 220 valence electrons. The van der Waals surface area contributed by atoms with Crippen LogP contribution in [0.5, 0.6) is 0 Å². The van der Waals surface area contributed by atoms with Gasteiger partial charge in [0.1, 0.15) is 12.2 Å². The summed E-state index contributed by atoms with van der Waals surface area (Å²) in [7, 11) is 0. The Morgan fingerprint density at radius 3 is 2.41 bits per heavy atom. The zero-order valence-corrected chi connectivity index (χ0v) is 26.2. The third-order valence-corrected chi connectivity index (χ3v) is 12.7. The second kappa shape index (κ2) is 11.9. The molecule has 3 saturated carbocycles. The number of carbonyl (C=O) groups is 2. The third-order valence-electron chi connectivity index (χ3n) is 11.4. The fourth-order valence-electron chi connectivity index (χ4n) is 8.90. The van der Waals surface area contributed by atoms with Gasteiger partial charge in [-0.25, -0.2) is 0 Å². The first-order valence-electron chi connectivity index (χ1n) is 15.5. The average molecular weight is 561 g/mol. The number of ether oxygens (including phenoxy) is 2. The maximum absolute atomic E-state index is 12.2. The van der Waals surface area contributed by atoms with Crippen molar-refractivity contribution in [2.75, 3.05) is 5.75 Å². The molecule has 0 heterocycles. The molecule has 0 saturated heterocycles. The standard InChI is InChI=1S/C33H52O5S/c1-8-33(36,9-2)16-10-18-39-21(3)27-13-14-28-26-12-11-24-19-25(37-22(4)34)20-30(38-23(5)35)32(24,7)29(26)15-17-31(27,28)6/h11-12,21,25,27-30,36H,8-10,13-20H2,1-7H3/t21?,25?,27-,28+,29+,30?,31-,32+/m1/s1. The molecule has 0 bridgehead atoms. The molecule has 4 rings (SSSR count). The Hall–Kier alpha value is -1.27. The first-order chi connectivity index (χ1) is 18.4. The summed E-state index contributed by atoms with van der Waals surface area (Å²) in [5.74, 6) is 2.19. The molecule has 4 aliphatic carbocycles. The highest BCUT2D eigenvalue weighted by Crippen LogP contribution is 2.66. The second-order valence-electron chi connectivity index (χ2n) is 13.4. The fourth-order valence-corrected chi connectivity index (χ4v) is 10.3. The topological polar surface area (TPSA) is 72.8 Å². The minimum absolute atomic E-state index is 0.241.